The number of amides is 2. The van der Waals surface area contributed by atoms with Gasteiger partial charge in [-0.2, -0.15) is 0 Å². The van der Waals surface area contributed by atoms with E-state index >= 15 is 0 Å². The van der Waals surface area contributed by atoms with Crippen molar-refractivity contribution in [1.82, 2.24) is 10.6 Å². The lowest BCUT2D eigenvalue weighted by Crippen LogP contribution is -3.06. The van der Waals surface area contributed by atoms with Crippen LogP contribution in [0.5, 0.6) is 0 Å². The maximum Gasteiger partial charge on any atom is 0.268 e. The Morgan fingerprint density at radius 2 is 1.59 bits per heavy atom. The first-order chi connectivity index (χ1) is 13.7. The highest BCUT2D eigenvalue weighted by atomic mass is 16.2. The van der Waals surface area contributed by atoms with E-state index in [4.69, 9.17) is 0 Å². The summed E-state index contributed by atoms with van der Waals surface area (Å²) < 4.78 is 0. The van der Waals surface area contributed by atoms with E-state index in [0.29, 0.717) is 12.1 Å². The van der Waals surface area contributed by atoms with Crippen molar-refractivity contribution in [2.45, 2.75) is 26.2 Å². The summed E-state index contributed by atoms with van der Waals surface area (Å²) >= 11 is 0. The van der Waals surface area contributed by atoms with Gasteiger partial charge in [-0.25, -0.2) is 0 Å². The molecule has 0 spiro atoms. The molecule has 0 aromatic heterocycles. The molecule has 2 aromatic rings. The van der Waals surface area contributed by atoms with Crippen LogP contribution in [-0.2, 0) is 10.2 Å². The molecule has 2 rings (SSSR count). The smallest absolute Gasteiger partial charge is 0.268 e. The third kappa shape index (κ3) is 7.20. The molecule has 2 aromatic carbocycles. The minimum Gasteiger partial charge on any atom is -0.345 e. The number of hydrogen-bond acceptors (Lipinski definition) is 2. The molecule has 29 heavy (non-hydrogen) atoms. The average Bonchev–Trinajstić information content (AvgIpc) is 2.67. The van der Waals surface area contributed by atoms with E-state index in [1.807, 2.05) is 32.3 Å². The minimum absolute atomic E-state index is 0.0541. The molecular weight excluding hydrogens is 362 g/mol. The Hall–Kier alpha value is -2.92. The molecule has 0 unspecified atom stereocenters. The summed E-state index contributed by atoms with van der Waals surface area (Å²) in [6.45, 7) is 7.80. The molecule has 0 radical (unpaired) electrons. The summed E-state index contributed by atoms with van der Waals surface area (Å²) in [5.74, 6) is -0.605. The predicted octanol–water partition coefficient (Wildman–Crippen LogP) is 2.02. The molecule has 5 heteroatoms. The zero-order valence-corrected chi connectivity index (χ0v) is 18.0. The molecule has 0 saturated heterocycles. The fourth-order valence-corrected chi connectivity index (χ4v) is 2.71. The van der Waals surface area contributed by atoms with Gasteiger partial charge in [0.05, 0.1) is 27.2 Å². The second-order valence-electron chi connectivity index (χ2n) is 8.46. The van der Waals surface area contributed by atoms with Crippen molar-refractivity contribution in [2.24, 2.45) is 0 Å². The highest BCUT2D eigenvalue weighted by Gasteiger charge is 2.16. The van der Waals surface area contributed by atoms with E-state index in [1.165, 1.54) is 10.5 Å². The third-order valence-corrected chi connectivity index (χ3v) is 4.53. The van der Waals surface area contributed by atoms with Crippen LogP contribution in [0.25, 0.3) is 6.08 Å². The SMILES string of the molecule is C[NH+](C)CCNC(=O)/C(=C/c1ccc(C(C)(C)C)cc1)NC(=O)c1ccccc1. The van der Waals surface area contributed by atoms with E-state index in [1.54, 1.807) is 30.3 Å². The lowest BCUT2D eigenvalue weighted by molar-refractivity contribution is -0.856. The highest BCUT2D eigenvalue weighted by molar-refractivity contribution is 6.05. The first-order valence-electron chi connectivity index (χ1n) is 9.92. The van der Waals surface area contributed by atoms with Gasteiger partial charge in [-0.3, -0.25) is 9.59 Å². The number of quaternary nitrogens is 1. The maximum absolute atomic E-state index is 12.7. The molecule has 0 heterocycles. The maximum atomic E-state index is 12.7. The summed E-state index contributed by atoms with van der Waals surface area (Å²) in [5.41, 5.74) is 2.86. The molecule has 0 aliphatic heterocycles. The molecule has 0 aliphatic rings. The van der Waals surface area contributed by atoms with Crippen LogP contribution in [-0.4, -0.2) is 39.0 Å². The van der Waals surface area contributed by atoms with Crippen LogP contribution >= 0.6 is 0 Å². The third-order valence-electron chi connectivity index (χ3n) is 4.53. The predicted molar refractivity (Wildman–Crippen MR) is 118 cm³/mol. The van der Waals surface area contributed by atoms with Crippen LogP contribution in [0.15, 0.2) is 60.3 Å². The van der Waals surface area contributed by atoms with Gasteiger partial charge >= 0.3 is 0 Å². The largest absolute Gasteiger partial charge is 0.345 e. The monoisotopic (exact) mass is 394 g/mol. The van der Waals surface area contributed by atoms with Crippen LogP contribution in [0.3, 0.4) is 0 Å². The van der Waals surface area contributed by atoms with Crippen molar-refractivity contribution in [3.8, 4) is 0 Å². The second-order valence-corrected chi connectivity index (χ2v) is 8.46. The van der Waals surface area contributed by atoms with Gasteiger partial charge in [0.2, 0.25) is 0 Å². The molecule has 3 N–H and O–H groups in total. The van der Waals surface area contributed by atoms with Crippen molar-refractivity contribution in [3.63, 3.8) is 0 Å². The zero-order valence-electron chi connectivity index (χ0n) is 18.0. The number of benzene rings is 2. The van der Waals surface area contributed by atoms with Gasteiger partial charge in [0, 0.05) is 5.56 Å². The minimum atomic E-state index is -0.309. The highest BCUT2D eigenvalue weighted by Crippen LogP contribution is 2.22. The van der Waals surface area contributed by atoms with Gasteiger partial charge in [-0.15, -0.1) is 0 Å². The number of likely N-dealkylation sites (N-methyl/N-ethyl adjacent to an activating group) is 1. The van der Waals surface area contributed by atoms with E-state index in [9.17, 15) is 9.59 Å². The first kappa shape index (κ1) is 22.4. The lowest BCUT2D eigenvalue weighted by atomic mass is 9.86. The van der Waals surface area contributed by atoms with E-state index in [0.717, 1.165) is 12.1 Å². The van der Waals surface area contributed by atoms with Crippen molar-refractivity contribution in [2.75, 3.05) is 27.2 Å². The molecule has 0 saturated carbocycles. The standard InChI is InChI=1S/C24H31N3O2/c1-24(2,3)20-13-11-18(12-14-20)17-21(23(29)25-15-16-27(4)5)26-22(28)19-9-7-6-8-10-19/h6-14,17H,15-16H2,1-5H3,(H,25,29)(H,26,28)/p+1/b21-17-. The Labute approximate surface area is 173 Å². The van der Waals surface area contributed by atoms with Crippen molar-refractivity contribution < 1.29 is 14.5 Å². The lowest BCUT2D eigenvalue weighted by Gasteiger charge is -2.19. The van der Waals surface area contributed by atoms with E-state index < -0.39 is 0 Å². The molecule has 0 atom stereocenters. The topological polar surface area (TPSA) is 62.6 Å². The Bertz CT molecular complexity index is 848. The van der Waals surface area contributed by atoms with Crippen molar-refractivity contribution in [3.05, 3.63) is 77.0 Å². The number of rotatable bonds is 7. The molecule has 5 nitrogen and oxygen atoms in total. The summed E-state index contributed by atoms with van der Waals surface area (Å²) in [6, 6.07) is 16.9. The van der Waals surface area contributed by atoms with Gasteiger partial charge in [0.15, 0.2) is 0 Å². The second kappa shape index (κ2) is 10.0. The Balaban J connectivity index is 2.24. The summed E-state index contributed by atoms with van der Waals surface area (Å²) in [4.78, 5) is 26.5. The Kier molecular flexibility index (Phi) is 7.74. The molecular formula is C24H32N3O2+. The molecule has 0 bridgehead atoms. The van der Waals surface area contributed by atoms with Gasteiger partial charge in [0.25, 0.3) is 11.8 Å². The van der Waals surface area contributed by atoms with Gasteiger partial charge in [-0.1, -0.05) is 63.2 Å². The van der Waals surface area contributed by atoms with Crippen molar-refractivity contribution >= 4 is 17.9 Å². The number of hydrogen-bond donors (Lipinski definition) is 3. The van der Waals surface area contributed by atoms with Gasteiger partial charge < -0.3 is 15.5 Å². The molecule has 2 amide bonds. The quantitative estimate of drug-likeness (QED) is 0.629. The fraction of sp³-hybridized carbons (Fsp3) is 0.333. The summed E-state index contributed by atoms with van der Waals surface area (Å²) in [6.07, 6.45) is 1.71. The average molecular weight is 395 g/mol. The number of nitrogens with one attached hydrogen (secondary N) is 3. The van der Waals surface area contributed by atoms with Gasteiger partial charge in [-0.05, 0) is 34.8 Å². The molecule has 154 valence electrons. The fourth-order valence-electron chi connectivity index (χ4n) is 2.71. The zero-order chi connectivity index (χ0) is 21.4. The first-order valence-corrected chi connectivity index (χ1v) is 9.92. The van der Waals surface area contributed by atoms with Gasteiger partial charge in [0.1, 0.15) is 5.70 Å². The van der Waals surface area contributed by atoms with Crippen LogP contribution in [0.1, 0.15) is 42.3 Å². The normalized spacial score (nSPS) is 12.0. The van der Waals surface area contributed by atoms with Crippen LogP contribution in [0, 0.1) is 0 Å². The Morgan fingerprint density at radius 3 is 2.14 bits per heavy atom. The van der Waals surface area contributed by atoms with E-state index in [2.05, 4.69) is 43.5 Å². The van der Waals surface area contributed by atoms with Crippen LogP contribution in [0.4, 0.5) is 0 Å². The van der Waals surface area contributed by atoms with Crippen molar-refractivity contribution in [1.29, 1.82) is 0 Å². The Morgan fingerprint density at radius 1 is 0.966 bits per heavy atom. The molecule has 0 aliphatic carbocycles. The van der Waals surface area contributed by atoms with E-state index in [-0.39, 0.29) is 22.9 Å². The van der Waals surface area contributed by atoms with Crippen LogP contribution in [0.2, 0.25) is 0 Å². The number of carbonyl (C=O) groups is 2. The summed E-state index contributed by atoms with van der Waals surface area (Å²) in [5, 5.41) is 5.65. The van der Waals surface area contributed by atoms with Crippen LogP contribution < -0.4 is 15.5 Å². The summed E-state index contributed by atoms with van der Waals surface area (Å²) in [7, 11) is 4.05. The number of carbonyl (C=O) groups excluding carboxylic acids is 2. The molecule has 0 fully saturated rings.